The van der Waals surface area contributed by atoms with Gasteiger partial charge in [0.2, 0.25) is 0 Å². The minimum absolute atomic E-state index is 0.685. The van der Waals surface area contributed by atoms with Crippen molar-refractivity contribution in [2.24, 2.45) is 0 Å². The van der Waals surface area contributed by atoms with Crippen LogP contribution in [0.25, 0.3) is 0 Å². The number of rotatable bonds is 14. The molecule has 0 bridgehead atoms. The topological polar surface area (TPSA) is 18.5 Å². The Morgan fingerprint density at radius 3 is 1.29 bits per heavy atom. The first-order chi connectivity index (χ1) is 8.41. The Labute approximate surface area is 107 Å². The third-order valence-electron chi connectivity index (χ3n) is 2.55. The number of ether oxygens (including phenoxy) is 2. The van der Waals surface area contributed by atoms with Gasteiger partial charge in [0.25, 0.3) is 0 Å². The first-order valence-electron chi connectivity index (χ1n) is 6.79. The van der Waals surface area contributed by atoms with Gasteiger partial charge in [-0.2, -0.15) is 0 Å². The molecule has 0 aromatic heterocycles. The fourth-order valence-corrected chi connectivity index (χ4v) is 1.63. The van der Waals surface area contributed by atoms with Gasteiger partial charge < -0.3 is 9.47 Å². The molecule has 100 valence electrons. The fraction of sp³-hybridized carbons (Fsp3) is 0.733. The molecular weight excluding hydrogens is 212 g/mol. The van der Waals surface area contributed by atoms with Crippen molar-refractivity contribution in [3.8, 4) is 0 Å². The number of unbranched alkanes of at least 4 members (excludes halogenated alkanes) is 6. The smallest absolute Gasteiger partial charge is 0.0644 e. The molecule has 2 nitrogen and oxygen atoms in total. The molecule has 0 amide bonds. The van der Waals surface area contributed by atoms with Crippen LogP contribution in [0, 0.1) is 0 Å². The standard InChI is InChI=1S/C15H28O2/c1-3-12-16-14-10-8-6-5-7-9-11-15-17-13-4-2/h3-4H,1-2,5-15H2. The van der Waals surface area contributed by atoms with Crippen LogP contribution in [0.1, 0.15) is 44.9 Å². The van der Waals surface area contributed by atoms with Gasteiger partial charge in [-0.1, -0.05) is 44.3 Å². The van der Waals surface area contributed by atoms with Crippen molar-refractivity contribution in [3.05, 3.63) is 25.3 Å². The predicted octanol–water partition coefficient (Wildman–Crippen LogP) is 4.12. The van der Waals surface area contributed by atoms with Crippen molar-refractivity contribution >= 4 is 0 Å². The highest BCUT2D eigenvalue weighted by atomic mass is 16.5. The molecule has 0 aromatic rings. The van der Waals surface area contributed by atoms with Crippen LogP contribution in [0.2, 0.25) is 0 Å². The molecule has 0 saturated heterocycles. The Balaban J connectivity index is 2.89. The van der Waals surface area contributed by atoms with Crippen LogP contribution in [-0.2, 0) is 9.47 Å². The average Bonchev–Trinajstić information content (AvgIpc) is 2.35. The van der Waals surface area contributed by atoms with Crippen molar-refractivity contribution in [2.75, 3.05) is 26.4 Å². The molecule has 0 aromatic carbocycles. The van der Waals surface area contributed by atoms with Gasteiger partial charge in [-0.3, -0.25) is 0 Å². The van der Waals surface area contributed by atoms with Gasteiger partial charge >= 0.3 is 0 Å². The summed E-state index contributed by atoms with van der Waals surface area (Å²) in [5, 5.41) is 0. The average molecular weight is 240 g/mol. The second-order valence-electron chi connectivity index (χ2n) is 4.20. The summed E-state index contributed by atoms with van der Waals surface area (Å²) in [5.41, 5.74) is 0. The zero-order chi connectivity index (χ0) is 12.6. The molecule has 0 unspecified atom stereocenters. The predicted molar refractivity (Wildman–Crippen MR) is 74.4 cm³/mol. The van der Waals surface area contributed by atoms with E-state index in [1.54, 1.807) is 12.2 Å². The summed E-state index contributed by atoms with van der Waals surface area (Å²) in [6.07, 6.45) is 12.5. The van der Waals surface area contributed by atoms with Crippen molar-refractivity contribution in [2.45, 2.75) is 44.9 Å². The summed E-state index contributed by atoms with van der Waals surface area (Å²) < 4.78 is 10.6. The highest BCUT2D eigenvalue weighted by Crippen LogP contribution is 2.07. The van der Waals surface area contributed by atoms with E-state index in [4.69, 9.17) is 9.47 Å². The zero-order valence-corrected chi connectivity index (χ0v) is 11.2. The maximum Gasteiger partial charge on any atom is 0.0644 e. The Hall–Kier alpha value is -0.600. The van der Waals surface area contributed by atoms with E-state index in [1.807, 2.05) is 0 Å². The number of hydrogen-bond donors (Lipinski definition) is 0. The molecule has 2 heteroatoms. The fourth-order valence-electron chi connectivity index (χ4n) is 1.63. The summed E-state index contributed by atoms with van der Waals surface area (Å²) in [4.78, 5) is 0. The Morgan fingerprint density at radius 1 is 0.588 bits per heavy atom. The molecule has 0 radical (unpaired) electrons. The van der Waals surface area contributed by atoms with Crippen LogP contribution < -0.4 is 0 Å². The molecule has 0 aliphatic heterocycles. The molecule has 0 saturated carbocycles. The highest BCUT2D eigenvalue weighted by molar-refractivity contribution is 4.64. The SMILES string of the molecule is C=CCOCCCCCCCCCOCC=C. The Morgan fingerprint density at radius 2 is 0.941 bits per heavy atom. The molecule has 17 heavy (non-hydrogen) atoms. The molecule has 0 N–H and O–H groups in total. The molecule has 0 aliphatic rings. The van der Waals surface area contributed by atoms with Crippen LogP contribution >= 0.6 is 0 Å². The number of hydrogen-bond acceptors (Lipinski definition) is 2. The summed E-state index contributed by atoms with van der Waals surface area (Å²) in [5.74, 6) is 0. The maximum atomic E-state index is 5.32. The largest absolute Gasteiger partial charge is 0.377 e. The molecule has 0 heterocycles. The van der Waals surface area contributed by atoms with E-state index in [2.05, 4.69) is 13.2 Å². The molecule has 0 atom stereocenters. The zero-order valence-electron chi connectivity index (χ0n) is 11.2. The summed E-state index contributed by atoms with van der Waals surface area (Å²) in [7, 11) is 0. The van der Waals surface area contributed by atoms with E-state index < -0.39 is 0 Å². The van der Waals surface area contributed by atoms with Gasteiger partial charge in [0.15, 0.2) is 0 Å². The lowest BCUT2D eigenvalue weighted by atomic mass is 10.1. The second kappa shape index (κ2) is 15.4. The van der Waals surface area contributed by atoms with Gasteiger partial charge in [0.1, 0.15) is 0 Å². The van der Waals surface area contributed by atoms with Crippen molar-refractivity contribution in [1.82, 2.24) is 0 Å². The summed E-state index contributed by atoms with van der Waals surface area (Å²) >= 11 is 0. The van der Waals surface area contributed by atoms with Gasteiger partial charge in [-0.05, 0) is 12.8 Å². The third-order valence-corrected chi connectivity index (χ3v) is 2.55. The summed E-state index contributed by atoms with van der Waals surface area (Å²) in [6, 6.07) is 0. The van der Waals surface area contributed by atoms with Crippen LogP contribution in [0.5, 0.6) is 0 Å². The minimum Gasteiger partial charge on any atom is -0.377 e. The first-order valence-corrected chi connectivity index (χ1v) is 6.79. The highest BCUT2D eigenvalue weighted by Gasteiger charge is 1.92. The minimum atomic E-state index is 0.685. The molecule has 0 fully saturated rings. The van der Waals surface area contributed by atoms with Gasteiger partial charge in [0, 0.05) is 13.2 Å². The monoisotopic (exact) mass is 240 g/mol. The Kier molecular flexibility index (Phi) is 14.9. The lowest BCUT2D eigenvalue weighted by molar-refractivity contribution is 0.155. The lowest BCUT2D eigenvalue weighted by Crippen LogP contribution is -1.95. The third kappa shape index (κ3) is 15.4. The van der Waals surface area contributed by atoms with Crippen molar-refractivity contribution < 1.29 is 9.47 Å². The van der Waals surface area contributed by atoms with Crippen molar-refractivity contribution in [1.29, 1.82) is 0 Å². The van der Waals surface area contributed by atoms with Gasteiger partial charge in [0.05, 0.1) is 13.2 Å². The van der Waals surface area contributed by atoms with Crippen LogP contribution in [0.3, 0.4) is 0 Å². The van der Waals surface area contributed by atoms with Gasteiger partial charge in [-0.15, -0.1) is 13.2 Å². The van der Waals surface area contributed by atoms with Crippen LogP contribution in [0.15, 0.2) is 25.3 Å². The van der Waals surface area contributed by atoms with Crippen molar-refractivity contribution in [3.63, 3.8) is 0 Å². The first kappa shape index (κ1) is 16.4. The van der Waals surface area contributed by atoms with E-state index in [0.717, 1.165) is 13.2 Å². The molecule has 0 aliphatic carbocycles. The normalized spacial score (nSPS) is 10.4. The van der Waals surface area contributed by atoms with Crippen LogP contribution in [-0.4, -0.2) is 26.4 Å². The van der Waals surface area contributed by atoms with E-state index in [1.165, 1.54) is 44.9 Å². The molecular formula is C15H28O2. The van der Waals surface area contributed by atoms with Crippen LogP contribution in [0.4, 0.5) is 0 Å². The molecule has 0 spiro atoms. The summed E-state index contributed by atoms with van der Waals surface area (Å²) in [6.45, 7) is 10.4. The van der Waals surface area contributed by atoms with E-state index in [0.29, 0.717) is 13.2 Å². The lowest BCUT2D eigenvalue weighted by Gasteiger charge is -2.03. The van der Waals surface area contributed by atoms with E-state index in [9.17, 15) is 0 Å². The molecule has 0 rings (SSSR count). The quantitative estimate of drug-likeness (QED) is 0.336. The Bertz CT molecular complexity index is 148. The maximum absolute atomic E-state index is 5.32. The van der Waals surface area contributed by atoms with E-state index >= 15 is 0 Å². The van der Waals surface area contributed by atoms with E-state index in [-0.39, 0.29) is 0 Å². The second-order valence-corrected chi connectivity index (χ2v) is 4.20. The van der Waals surface area contributed by atoms with Gasteiger partial charge in [-0.25, -0.2) is 0 Å².